The van der Waals surface area contributed by atoms with E-state index in [1.807, 2.05) is 26.8 Å². The molecule has 0 aromatic carbocycles. The lowest BCUT2D eigenvalue weighted by atomic mass is 10.1. The van der Waals surface area contributed by atoms with E-state index in [0.717, 1.165) is 24.7 Å². The van der Waals surface area contributed by atoms with Gasteiger partial charge in [0.05, 0.1) is 0 Å². The van der Waals surface area contributed by atoms with Crippen molar-refractivity contribution >= 4 is 12.0 Å². The zero-order valence-electron chi connectivity index (χ0n) is 14.2. The Morgan fingerprint density at radius 3 is 2.41 bits per heavy atom. The molecule has 0 spiro atoms. The van der Waals surface area contributed by atoms with Crippen molar-refractivity contribution in [2.45, 2.75) is 46.1 Å². The van der Waals surface area contributed by atoms with Crippen molar-refractivity contribution in [3.63, 3.8) is 0 Å². The summed E-state index contributed by atoms with van der Waals surface area (Å²) in [5, 5.41) is 0. The van der Waals surface area contributed by atoms with Crippen molar-refractivity contribution in [1.82, 2.24) is 14.9 Å². The van der Waals surface area contributed by atoms with Gasteiger partial charge in [-0.2, -0.15) is 0 Å². The number of aromatic nitrogens is 2. The third kappa shape index (κ3) is 4.32. The second-order valence-electron chi connectivity index (χ2n) is 6.89. The van der Waals surface area contributed by atoms with Crippen molar-refractivity contribution in [3.05, 3.63) is 18.0 Å². The predicted octanol–water partition coefficient (Wildman–Crippen LogP) is 2.66. The van der Waals surface area contributed by atoms with E-state index in [1.165, 1.54) is 0 Å². The Balaban J connectivity index is 1.95. The van der Waals surface area contributed by atoms with E-state index in [2.05, 4.69) is 28.7 Å². The first-order chi connectivity index (χ1) is 10.3. The molecule has 1 aromatic rings. The number of hydrogen-bond acceptors (Lipinski definition) is 5. The van der Waals surface area contributed by atoms with E-state index >= 15 is 0 Å². The fourth-order valence-corrected chi connectivity index (χ4v) is 2.25. The number of ether oxygens (including phenoxy) is 1. The molecule has 6 nitrogen and oxygen atoms in total. The summed E-state index contributed by atoms with van der Waals surface area (Å²) in [7, 11) is 0. The first kappa shape index (κ1) is 16.5. The summed E-state index contributed by atoms with van der Waals surface area (Å²) in [5.74, 6) is 1.12. The minimum Gasteiger partial charge on any atom is -0.444 e. The zero-order valence-corrected chi connectivity index (χ0v) is 14.2. The van der Waals surface area contributed by atoms with Gasteiger partial charge in [-0.1, -0.05) is 13.8 Å². The lowest BCUT2D eigenvalue weighted by Gasteiger charge is -2.35. The summed E-state index contributed by atoms with van der Waals surface area (Å²) >= 11 is 0. The second kappa shape index (κ2) is 6.50. The number of rotatable bonds is 2. The summed E-state index contributed by atoms with van der Waals surface area (Å²) in [5.41, 5.74) is 0.586. The molecular weight excluding hydrogens is 280 g/mol. The van der Waals surface area contributed by atoms with Crippen LogP contribution < -0.4 is 4.90 Å². The highest BCUT2D eigenvalue weighted by Gasteiger charge is 2.26. The molecule has 0 atom stereocenters. The molecule has 6 heteroatoms. The van der Waals surface area contributed by atoms with Crippen molar-refractivity contribution in [2.24, 2.45) is 0 Å². The molecule has 1 aliphatic rings. The molecule has 0 N–H and O–H groups in total. The van der Waals surface area contributed by atoms with Crippen LogP contribution in [0.4, 0.5) is 10.7 Å². The number of piperazine rings is 1. The van der Waals surface area contributed by atoms with Gasteiger partial charge in [-0.05, 0) is 32.8 Å². The molecule has 22 heavy (non-hydrogen) atoms. The van der Waals surface area contributed by atoms with Gasteiger partial charge in [0.2, 0.25) is 5.95 Å². The highest BCUT2D eigenvalue weighted by atomic mass is 16.6. The van der Waals surface area contributed by atoms with Crippen LogP contribution in [-0.4, -0.2) is 52.7 Å². The molecule has 0 aliphatic carbocycles. The average Bonchev–Trinajstić information content (AvgIpc) is 2.46. The maximum absolute atomic E-state index is 12.1. The molecule has 1 aromatic heterocycles. The molecule has 1 fully saturated rings. The first-order valence-electron chi connectivity index (χ1n) is 7.82. The van der Waals surface area contributed by atoms with Gasteiger partial charge in [-0.25, -0.2) is 14.8 Å². The molecule has 1 amide bonds. The number of amides is 1. The summed E-state index contributed by atoms with van der Waals surface area (Å²) in [6.07, 6.45) is 1.56. The minimum absolute atomic E-state index is 0.246. The Kier molecular flexibility index (Phi) is 4.88. The first-order valence-corrected chi connectivity index (χ1v) is 7.82. The predicted molar refractivity (Wildman–Crippen MR) is 86.1 cm³/mol. The molecule has 0 bridgehead atoms. The van der Waals surface area contributed by atoms with Crippen LogP contribution in [0, 0.1) is 0 Å². The Bertz CT molecular complexity index is 517. The van der Waals surface area contributed by atoms with Gasteiger partial charge in [0.15, 0.2) is 0 Å². The van der Waals surface area contributed by atoms with Gasteiger partial charge in [-0.3, -0.25) is 0 Å². The molecule has 122 valence electrons. The molecule has 1 aliphatic heterocycles. The summed E-state index contributed by atoms with van der Waals surface area (Å²) in [6, 6.07) is 1.95. The van der Waals surface area contributed by atoms with E-state index < -0.39 is 5.60 Å². The van der Waals surface area contributed by atoms with Gasteiger partial charge in [0, 0.05) is 38.1 Å². The quantitative estimate of drug-likeness (QED) is 0.840. The molecule has 1 saturated heterocycles. The van der Waals surface area contributed by atoms with Crippen molar-refractivity contribution < 1.29 is 9.53 Å². The standard InChI is InChI=1S/C16H26N4O2/c1-12(2)13-6-7-17-14(18-13)19-8-10-20(11-9-19)15(21)22-16(3,4)5/h6-7,12H,8-11H2,1-5H3. The SMILES string of the molecule is CC(C)c1ccnc(N2CCN(C(=O)OC(C)(C)C)CC2)n1. The maximum atomic E-state index is 12.1. The Hall–Kier alpha value is -1.85. The highest BCUT2D eigenvalue weighted by molar-refractivity contribution is 5.68. The molecule has 2 heterocycles. The number of anilines is 1. The van der Waals surface area contributed by atoms with Crippen LogP contribution in [0.25, 0.3) is 0 Å². The number of nitrogens with zero attached hydrogens (tertiary/aromatic N) is 4. The number of carbonyl (C=O) groups excluding carboxylic acids is 1. The van der Waals surface area contributed by atoms with E-state index in [9.17, 15) is 4.79 Å². The minimum atomic E-state index is -0.455. The Labute approximate surface area is 132 Å². The van der Waals surface area contributed by atoms with Gasteiger partial charge in [0.1, 0.15) is 5.60 Å². The van der Waals surface area contributed by atoms with Crippen LogP contribution in [0.5, 0.6) is 0 Å². The van der Waals surface area contributed by atoms with Crippen LogP contribution in [0.2, 0.25) is 0 Å². The van der Waals surface area contributed by atoms with Gasteiger partial charge >= 0.3 is 6.09 Å². The summed E-state index contributed by atoms with van der Waals surface area (Å²) in [6.45, 7) is 12.6. The van der Waals surface area contributed by atoms with Crippen LogP contribution in [0.1, 0.15) is 46.2 Å². The second-order valence-corrected chi connectivity index (χ2v) is 6.89. The average molecular weight is 306 g/mol. The smallest absolute Gasteiger partial charge is 0.410 e. The normalized spacial score (nSPS) is 16.1. The van der Waals surface area contributed by atoms with Crippen LogP contribution >= 0.6 is 0 Å². The molecule has 0 unspecified atom stereocenters. The summed E-state index contributed by atoms with van der Waals surface area (Å²) in [4.78, 5) is 24.9. The van der Waals surface area contributed by atoms with Crippen molar-refractivity contribution in [3.8, 4) is 0 Å². The summed E-state index contributed by atoms with van der Waals surface area (Å²) < 4.78 is 5.41. The molecular formula is C16H26N4O2. The van der Waals surface area contributed by atoms with E-state index in [-0.39, 0.29) is 6.09 Å². The topological polar surface area (TPSA) is 58.6 Å². The largest absolute Gasteiger partial charge is 0.444 e. The molecule has 2 rings (SSSR count). The lowest BCUT2D eigenvalue weighted by Crippen LogP contribution is -2.50. The Morgan fingerprint density at radius 2 is 1.86 bits per heavy atom. The van der Waals surface area contributed by atoms with E-state index in [1.54, 1.807) is 11.1 Å². The van der Waals surface area contributed by atoms with Crippen molar-refractivity contribution in [1.29, 1.82) is 0 Å². The van der Waals surface area contributed by atoms with Gasteiger partial charge in [-0.15, -0.1) is 0 Å². The molecule has 0 radical (unpaired) electrons. The van der Waals surface area contributed by atoms with Gasteiger partial charge in [0.25, 0.3) is 0 Å². The lowest BCUT2D eigenvalue weighted by molar-refractivity contribution is 0.0240. The molecule has 0 saturated carbocycles. The third-order valence-corrected chi connectivity index (χ3v) is 3.47. The van der Waals surface area contributed by atoms with E-state index in [4.69, 9.17) is 4.74 Å². The zero-order chi connectivity index (χ0) is 16.3. The number of carbonyl (C=O) groups is 1. The monoisotopic (exact) mass is 306 g/mol. The van der Waals surface area contributed by atoms with Crippen LogP contribution in [0.3, 0.4) is 0 Å². The fourth-order valence-electron chi connectivity index (χ4n) is 2.25. The van der Waals surface area contributed by atoms with Gasteiger partial charge < -0.3 is 14.5 Å². The van der Waals surface area contributed by atoms with E-state index in [0.29, 0.717) is 19.0 Å². The highest BCUT2D eigenvalue weighted by Crippen LogP contribution is 2.17. The van der Waals surface area contributed by atoms with Crippen molar-refractivity contribution in [2.75, 3.05) is 31.1 Å². The van der Waals surface area contributed by atoms with Crippen LogP contribution in [0.15, 0.2) is 12.3 Å². The van der Waals surface area contributed by atoms with Crippen LogP contribution in [-0.2, 0) is 4.74 Å². The Morgan fingerprint density at radius 1 is 1.23 bits per heavy atom. The third-order valence-electron chi connectivity index (χ3n) is 3.47. The maximum Gasteiger partial charge on any atom is 0.410 e. The fraction of sp³-hybridized carbons (Fsp3) is 0.688. The number of hydrogen-bond donors (Lipinski definition) is 0.